The summed E-state index contributed by atoms with van der Waals surface area (Å²) in [7, 11) is 0. The molecule has 4 nitrogen and oxygen atoms in total. The molecule has 0 aliphatic carbocycles. The van der Waals surface area contributed by atoms with Gasteiger partial charge < -0.3 is 15.5 Å². The van der Waals surface area contributed by atoms with Crippen LogP contribution in [0.4, 0.5) is 0 Å². The fraction of sp³-hybridized carbons (Fsp3) is 0.873. The van der Waals surface area contributed by atoms with Gasteiger partial charge >= 0.3 is 0 Å². The molecule has 442 valence electrons. The van der Waals surface area contributed by atoms with Gasteiger partial charge in [0.05, 0.1) is 18.8 Å². The maximum atomic E-state index is 12.5. The molecule has 2 atom stereocenters. The Labute approximate surface area is 471 Å². The van der Waals surface area contributed by atoms with Crippen LogP contribution in [-0.2, 0) is 4.79 Å². The molecule has 0 aliphatic heterocycles. The first-order valence-corrected chi connectivity index (χ1v) is 34.4. The normalized spacial score (nSPS) is 13.0. The molecule has 0 aliphatic rings. The second-order valence-corrected chi connectivity index (χ2v) is 23.6. The topological polar surface area (TPSA) is 69.6 Å². The molecule has 0 radical (unpaired) electrons. The van der Waals surface area contributed by atoms with Crippen molar-refractivity contribution >= 4 is 5.91 Å². The van der Waals surface area contributed by atoms with Gasteiger partial charge in [-0.25, -0.2) is 0 Å². The second kappa shape index (κ2) is 66.6. The summed E-state index contributed by atoms with van der Waals surface area (Å²) in [6.45, 7) is 4.33. The monoisotopic (exact) mass is 1050 g/mol. The Morgan fingerprint density at radius 1 is 0.320 bits per heavy atom. The summed E-state index contributed by atoms with van der Waals surface area (Å²) < 4.78 is 0. The smallest absolute Gasteiger partial charge is 0.220 e. The van der Waals surface area contributed by atoms with Crippen LogP contribution >= 0.6 is 0 Å². The Kier molecular flexibility index (Phi) is 65.2. The molecule has 0 heterocycles. The van der Waals surface area contributed by atoms with Crippen LogP contribution in [0, 0.1) is 0 Å². The molecular formula is C71H135NO3. The summed E-state index contributed by atoms with van der Waals surface area (Å²) in [4.78, 5) is 12.5. The lowest BCUT2D eigenvalue weighted by Crippen LogP contribution is -2.45. The van der Waals surface area contributed by atoms with E-state index < -0.39 is 12.1 Å². The van der Waals surface area contributed by atoms with Crippen LogP contribution in [-0.4, -0.2) is 34.9 Å². The Morgan fingerprint density at radius 3 is 0.853 bits per heavy atom. The molecule has 1 amide bonds. The van der Waals surface area contributed by atoms with Crippen LogP contribution < -0.4 is 5.32 Å². The predicted octanol–water partition coefficient (Wildman–Crippen LogP) is 23.3. The first-order chi connectivity index (χ1) is 37.2. The summed E-state index contributed by atoms with van der Waals surface area (Å²) in [6, 6.07) is -0.640. The zero-order valence-electron chi connectivity index (χ0n) is 51.1. The van der Waals surface area contributed by atoms with Crippen LogP contribution in [0.3, 0.4) is 0 Å². The van der Waals surface area contributed by atoms with Gasteiger partial charge in [0.1, 0.15) is 0 Å². The zero-order chi connectivity index (χ0) is 54.1. The van der Waals surface area contributed by atoms with Crippen molar-refractivity contribution in [1.82, 2.24) is 5.32 Å². The first-order valence-electron chi connectivity index (χ1n) is 34.4. The van der Waals surface area contributed by atoms with E-state index in [-0.39, 0.29) is 12.5 Å². The number of allylic oxidation sites excluding steroid dienone is 7. The number of hydrogen-bond donors (Lipinski definition) is 3. The minimum absolute atomic E-state index is 0.0667. The minimum atomic E-state index is -0.864. The van der Waals surface area contributed by atoms with Gasteiger partial charge in [-0.05, 0) is 64.2 Å². The molecule has 3 N–H and O–H groups in total. The fourth-order valence-electron chi connectivity index (χ4n) is 10.8. The lowest BCUT2D eigenvalue weighted by molar-refractivity contribution is -0.123. The quantitative estimate of drug-likeness (QED) is 0.0420. The number of hydrogen-bond acceptors (Lipinski definition) is 3. The average Bonchev–Trinajstić information content (AvgIpc) is 3.41. The van der Waals surface area contributed by atoms with E-state index in [0.717, 1.165) is 38.5 Å². The maximum absolute atomic E-state index is 12.5. The lowest BCUT2D eigenvalue weighted by atomic mass is 10.0. The van der Waals surface area contributed by atoms with Gasteiger partial charge in [-0.3, -0.25) is 4.79 Å². The zero-order valence-corrected chi connectivity index (χ0v) is 51.1. The van der Waals surface area contributed by atoms with Crippen molar-refractivity contribution in [2.75, 3.05) is 6.61 Å². The highest BCUT2D eigenvalue weighted by atomic mass is 16.3. The molecule has 0 saturated heterocycles. The number of carbonyl (C=O) groups is 1. The van der Waals surface area contributed by atoms with Crippen LogP contribution in [0.1, 0.15) is 380 Å². The maximum Gasteiger partial charge on any atom is 0.220 e. The number of carbonyl (C=O) groups excluding carboxylic acids is 1. The third kappa shape index (κ3) is 63.1. The van der Waals surface area contributed by atoms with Crippen molar-refractivity contribution in [1.29, 1.82) is 0 Å². The van der Waals surface area contributed by atoms with E-state index in [1.165, 1.54) is 321 Å². The molecule has 0 bridgehead atoms. The fourth-order valence-corrected chi connectivity index (χ4v) is 10.8. The van der Waals surface area contributed by atoms with Crippen molar-refractivity contribution in [2.24, 2.45) is 0 Å². The summed E-state index contributed by atoms with van der Waals surface area (Å²) in [5.74, 6) is -0.0667. The molecule has 0 fully saturated rings. The van der Waals surface area contributed by atoms with Gasteiger partial charge in [-0.15, -0.1) is 0 Å². The van der Waals surface area contributed by atoms with E-state index in [9.17, 15) is 15.0 Å². The number of unbranched alkanes of at least 4 members (excludes halogenated alkanes) is 51. The van der Waals surface area contributed by atoms with Gasteiger partial charge in [-0.2, -0.15) is 0 Å². The molecule has 0 aromatic carbocycles. The van der Waals surface area contributed by atoms with Gasteiger partial charge in [-0.1, -0.05) is 358 Å². The first kappa shape index (κ1) is 73.3. The third-order valence-corrected chi connectivity index (χ3v) is 16.0. The molecule has 0 rings (SSSR count). The summed E-state index contributed by atoms with van der Waals surface area (Å²) in [6.07, 6.45) is 93.4. The minimum Gasteiger partial charge on any atom is -0.394 e. The number of nitrogens with one attached hydrogen (secondary N) is 1. The molecule has 0 aromatic heterocycles. The Hall–Kier alpha value is -1.65. The third-order valence-electron chi connectivity index (χ3n) is 16.0. The van der Waals surface area contributed by atoms with E-state index in [1.54, 1.807) is 6.08 Å². The molecule has 0 aromatic rings. The molecule has 0 saturated carbocycles. The van der Waals surface area contributed by atoms with Crippen molar-refractivity contribution in [2.45, 2.75) is 392 Å². The Balaban J connectivity index is 3.45. The highest BCUT2D eigenvalue weighted by molar-refractivity contribution is 5.76. The SMILES string of the molecule is CCCCCCC/C=C\C/C=C\CCCCCCCCCCCCCCCCCCCCCCCC(=O)NC(CO)C(O)/C=C/CC/C=C/CCCCCCCCCCCCCCCCCCCCCCCCCC. The van der Waals surface area contributed by atoms with Gasteiger partial charge in [0.2, 0.25) is 5.91 Å². The highest BCUT2D eigenvalue weighted by Crippen LogP contribution is 2.19. The molecule has 4 heteroatoms. The number of rotatable bonds is 64. The summed E-state index contributed by atoms with van der Waals surface area (Å²) in [5, 5.41) is 23.3. The van der Waals surface area contributed by atoms with Crippen LogP contribution in [0.25, 0.3) is 0 Å². The van der Waals surface area contributed by atoms with Crippen molar-refractivity contribution in [3.8, 4) is 0 Å². The molecule has 0 spiro atoms. The van der Waals surface area contributed by atoms with Crippen LogP contribution in [0.5, 0.6) is 0 Å². The largest absolute Gasteiger partial charge is 0.394 e. The van der Waals surface area contributed by atoms with E-state index in [0.29, 0.717) is 6.42 Å². The standard InChI is InChI=1S/C71H135NO3/c1-3-5-7-9-11-13-15-17-19-21-23-25-27-29-31-33-35-36-37-39-41-43-45-47-49-51-53-55-57-59-61-63-65-67-71(75)72-69(68-73)70(74)66-64-62-60-58-56-54-52-50-48-46-44-42-40-38-34-32-30-28-26-24-22-20-18-16-14-12-10-8-6-4-2/h15,17,21,23,56,58,64,66,69-70,73-74H,3-14,16,18-20,22,24-55,57,59-63,65,67-68H2,1-2H3,(H,72,75)/b17-15-,23-21-,58-56+,66-64+. The van der Waals surface area contributed by atoms with Gasteiger partial charge in [0.25, 0.3) is 0 Å². The van der Waals surface area contributed by atoms with E-state index in [4.69, 9.17) is 0 Å². The van der Waals surface area contributed by atoms with Crippen molar-refractivity contribution in [3.05, 3.63) is 48.6 Å². The van der Waals surface area contributed by atoms with Gasteiger partial charge in [0, 0.05) is 6.42 Å². The molecular weight excluding hydrogens is 915 g/mol. The molecule has 2 unspecified atom stereocenters. The lowest BCUT2D eigenvalue weighted by Gasteiger charge is -2.19. The predicted molar refractivity (Wildman–Crippen MR) is 336 cm³/mol. The van der Waals surface area contributed by atoms with E-state index >= 15 is 0 Å². The number of aliphatic hydroxyl groups excluding tert-OH is 2. The highest BCUT2D eigenvalue weighted by Gasteiger charge is 2.18. The van der Waals surface area contributed by atoms with Crippen molar-refractivity contribution in [3.63, 3.8) is 0 Å². The van der Waals surface area contributed by atoms with Crippen LogP contribution in [0.2, 0.25) is 0 Å². The Morgan fingerprint density at radius 2 is 0.560 bits per heavy atom. The number of amides is 1. The average molecular weight is 1050 g/mol. The van der Waals surface area contributed by atoms with Gasteiger partial charge in [0.15, 0.2) is 0 Å². The van der Waals surface area contributed by atoms with Crippen LogP contribution in [0.15, 0.2) is 48.6 Å². The second-order valence-electron chi connectivity index (χ2n) is 23.6. The summed E-state index contributed by atoms with van der Waals surface area (Å²) >= 11 is 0. The van der Waals surface area contributed by atoms with E-state index in [2.05, 4.69) is 55.6 Å². The number of aliphatic hydroxyl groups is 2. The Bertz CT molecular complexity index is 1190. The summed E-state index contributed by atoms with van der Waals surface area (Å²) in [5.41, 5.74) is 0. The van der Waals surface area contributed by atoms with E-state index in [1.807, 2.05) is 6.08 Å². The molecule has 75 heavy (non-hydrogen) atoms. The van der Waals surface area contributed by atoms with Crippen molar-refractivity contribution < 1.29 is 15.0 Å².